The van der Waals surface area contributed by atoms with E-state index in [1.807, 2.05) is 29.2 Å². The van der Waals surface area contributed by atoms with Gasteiger partial charge in [-0.05, 0) is 73.5 Å². The number of carbonyl (C=O) groups is 3. The van der Waals surface area contributed by atoms with Gasteiger partial charge in [-0.2, -0.15) is 15.0 Å². The highest BCUT2D eigenvalue weighted by atomic mass is 16.6. The molecule has 272 valence electrons. The molecule has 15 nitrogen and oxygen atoms in total. The molecule has 1 aromatic heterocycles. The highest BCUT2D eigenvalue weighted by molar-refractivity contribution is 6.00. The van der Waals surface area contributed by atoms with Crippen molar-refractivity contribution in [3.05, 3.63) is 78.4 Å². The van der Waals surface area contributed by atoms with Crippen molar-refractivity contribution in [3.63, 3.8) is 0 Å². The summed E-state index contributed by atoms with van der Waals surface area (Å²) in [6, 6.07) is 20.8. The second-order valence-electron chi connectivity index (χ2n) is 12.4. The quantitative estimate of drug-likeness (QED) is 0.0900. The minimum absolute atomic E-state index is 0.0905. The molecule has 0 radical (unpaired) electrons. The molecule has 2 fully saturated rings. The van der Waals surface area contributed by atoms with E-state index in [-0.39, 0.29) is 23.9 Å². The predicted molar refractivity (Wildman–Crippen MR) is 198 cm³/mol. The van der Waals surface area contributed by atoms with Crippen LogP contribution in [0.25, 0.3) is 11.4 Å². The van der Waals surface area contributed by atoms with Crippen LogP contribution in [0.4, 0.5) is 33.5 Å². The molecular weight excluding hydrogens is 666 g/mol. The van der Waals surface area contributed by atoms with Crippen LogP contribution in [-0.2, 0) is 14.3 Å². The van der Waals surface area contributed by atoms with Crippen LogP contribution < -0.4 is 36.6 Å². The lowest BCUT2D eigenvalue weighted by molar-refractivity contribution is -0.116. The van der Waals surface area contributed by atoms with E-state index in [0.29, 0.717) is 99.0 Å². The Morgan fingerprint density at radius 3 is 2.25 bits per heavy atom. The molecule has 6 rings (SSSR count). The number of aromatic nitrogens is 3. The number of anilines is 5. The number of carbonyl (C=O) groups excluding carboxylic acids is 3. The number of hydrogen-bond donors (Lipinski definition) is 5. The van der Waals surface area contributed by atoms with Crippen LogP contribution in [0, 0.1) is 0 Å². The van der Waals surface area contributed by atoms with Gasteiger partial charge in [0.05, 0.1) is 37.8 Å². The monoisotopic (exact) mass is 709 g/mol. The van der Waals surface area contributed by atoms with Crippen molar-refractivity contribution in [2.75, 3.05) is 72.6 Å². The molecule has 15 heteroatoms. The third kappa shape index (κ3) is 10.4. The number of ether oxygens (including phenoxy) is 3. The molecule has 1 unspecified atom stereocenters. The summed E-state index contributed by atoms with van der Waals surface area (Å²) in [6.07, 6.45) is 3.27. The van der Waals surface area contributed by atoms with Gasteiger partial charge in [-0.1, -0.05) is 18.6 Å². The van der Waals surface area contributed by atoms with E-state index in [9.17, 15) is 14.4 Å². The number of unbranched alkanes of at least 4 members (excludes halogenated alkanes) is 2. The van der Waals surface area contributed by atoms with Crippen molar-refractivity contribution in [2.24, 2.45) is 0 Å². The van der Waals surface area contributed by atoms with Gasteiger partial charge in [-0.15, -0.1) is 0 Å². The van der Waals surface area contributed by atoms with Gasteiger partial charge in [-0.3, -0.25) is 9.59 Å². The molecule has 2 saturated heterocycles. The van der Waals surface area contributed by atoms with Gasteiger partial charge in [0.25, 0.3) is 5.91 Å². The van der Waals surface area contributed by atoms with Crippen LogP contribution in [0.5, 0.6) is 6.01 Å². The number of nitrogens with zero attached hydrogens (tertiary/aromatic N) is 4. The minimum atomic E-state index is -0.435. The number of benzene rings is 3. The fraction of sp³-hybridized carbons (Fsp3) is 0.351. The number of para-hydroxylation sites is 2. The molecule has 0 aliphatic carbocycles. The number of nitrogens with one attached hydrogen (secondary N) is 4. The third-order valence-electron chi connectivity index (χ3n) is 8.46. The van der Waals surface area contributed by atoms with Crippen molar-refractivity contribution in [3.8, 4) is 17.4 Å². The Balaban J connectivity index is 0.941. The first-order valence-corrected chi connectivity index (χ1v) is 17.4. The van der Waals surface area contributed by atoms with Crippen molar-refractivity contribution in [2.45, 2.75) is 38.2 Å². The van der Waals surface area contributed by atoms with E-state index in [1.54, 1.807) is 48.5 Å². The smallest absolute Gasteiger partial charge is 0.323 e. The molecule has 1 atom stereocenters. The first kappa shape index (κ1) is 36.0. The maximum absolute atomic E-state index is 12.8. The Morgan fingerprint density at radius 1 is 0.808 bits per heavy atom. The zero-order valence-corrected chi connectivity index (χ0v) is 28.8. The van der Waals surface area contributed by atoms with Crippen LogP contribution in [-0.4, -0.2) is 85.0 Å². The molecular formula is C37H43N9O6. The fourth-order valence-corrected chi connectivity index (χ4v) is 5.60. The highest BCUT2D eigenvalue weighted by Gasteiger charge is 2.22. The zero-order chi connectivity index (χ0) is 36.1. The van der Waals surface area contributed by atoms with E-state index >= 15 is 0 Å². The Morgan fingerprint density at radius 2 is 1.54 bits per heavy atom. The number of nitrogens with two attached hydrogens (primary N) is 1. The van der Waals surface area contributed by atoms with Crippen molar-refractivity contribution in [1.82, 2.24) is 20.3 Å². The van der Waals surface area contributed by atoms with E-state index in [1.165, 1.54) is 0 Å². The van der Waals surface area contributed by atoms with Gasteiger partial charge in [0.1, 0.15) is 6.10 Å². The van der Waals surface area contributed by atoms with Crippen molar-refractivity contribution >= 4 is 46.5 Å². The lowest BCUT2D eigenvalue weighted by Gasteiger charge is -2.27. The van der Waals surface area contributed by atoms with Crippen molar-refractivity contribution < 1.29 is 28.6 Å². The number of hydrogen-bond acceptors (Lipinski definition) is 11. The SMILES string of the molecule is Nc1ccccc1NC(=O)CCCCCNC(=O)c1ccc(NC(=O)Nc2ccc(-c3nc(OC4CCOC4)nc(N4CCOCC4)n3)cc2)cc1. The van der Waals surface area contributed by atoms with E-state index in [2.05, 4.69) is 31.2 Å². The molecule has 4 aromatic rings. The average Bonchev–Trinajstić information content (AvgIpc) is 3.68. The number of rotatable bonds is 14. The summed E-state index contributed by atoms with van der Waals surface area (Å²) in [5.41, 5.74) is 9.32. The van der Waals surface area contributed by atoms with Gasteiger partial charge >= 0.3 is 12.0 Å². The predicted octanol–water partition coefficient (Wildman–Crippen LogP) is 4.70. The van der Waals surface area contributed by atoms with Gasteiger partial charge in [0.2, 0.25) is 11.9 Å². The van der Waals surface area contributed by atoms with Crippen LogP contribution in [0.15, 0.2) is 72.8 Å². The third-order valence-corrected chi connectivity index (χ3v) is 8.46. The van der Waals surface area contributed by atoms with Gasteiger partial charge < -0.3 is 46.1 Å². The van der Waals surface area contributed by atoms with Crippen LogP contribution in [0.1, 0.15) is 42.5 Å². The summed E-state index contributed by atoms with van der Waals surface area (Å²) in [6.45, 7) is 4.14. The maximum Gasteiger partial charge on any atom is 0.323 e. The Labute approximate surface area is 301 Å². The first-order valence-electron chi connectivity index (χ1n) is 17.4. The topological polar surface area (TPSA) is 195 Å². The van der Waals surface area contributed by atoms with Gasteiger partial charge in [0, 0.05) is 55.0 Å². The average molecular weight is 710 g/mol. The molecule has 4 amide bonds. The van der Waals surface area contributed by atoms with E-state index in [0.717, 1.165) is 24.8 Å². The molecule has 0 spiro atoms. The Bertz CT molecular complexity index is 1810. The molecule has 52 heavy (non-hydrogen) atoms. The number of amides is 4. The summed E-state index contributed by atoms with van der Waals surface area (Å²) < 4.78 is 17.0. The number of nitrogen functional groups attached to an aromatic ring is 1. The van der Waals surface area contributed by atoms with Crippen LogP contribution >= 0.6 is 0 Å². The van der Waals surface area contributed by atoms with E-state index < -0.39 is 6.03 Å². The Kier molecular flexibility index (Phi) is 12.4. The number of morpholine rings is 1. The summed E-state index contributed by atoms with van der Waals surface area (Å²) in [7, 11) is 0. The molecule has 3 aromatic carbocycles. The summed E-state index contributed by atoms with van der Waals surface area (Å²) in [5, 5.41) is 11.3. The first-order chi connectivity index (χ1) is 25.4. The summed E-state index contributed by atoms with van der Waals surface area (Å²) in [4.78, 5) is 53.4. The van der Waals surface area contributed by atoms with Crippen molar-refractivity contribution in [1.29, 1.82) is 0 Å². The molecule has 2 aliphatic heterocycles. The molecule has 0 saturated carbocycles. The van der Waals surface area contributed by atoms with E-state index in [4.69, 9.17) is 24.9 Å². The molecule has 6 N–H and O–H groups in total. The lowest BCUT2D eigenvalue weighted by Crippen LogP contribution is -2.37. The molecule has 0 bridgehead atoms. The Hall–Kier alpha value is -5.80. The lowest BCUT2D eigenvalue weighted by atomic mass is 10.1. The second kappa shape index (κ2) is 17.9. The standard InChI is InChI=1S/C37H43N9O6/c38-30-6-3-4-7-31(30)42-32(47)8-2-1-5-18-39-34(48)26-11-15-28(16-12-26)41-36(49)40-27-13-9-25(10-14-27)33-43-35(46-19-22-50-23-20-46)45-37(44-33)52-29-17-21-51-24-29/h3-4,6-7,9-16,29H,1-2,5,8,17-24,38H2,(H,39,48)(H,42,47)(H2,40,41,49). The van der Waals surface area contributed by atoms with Gasteiger partial charge in [0.15, 0.2) is 5.82 Å². The highest BCUT2D eigenvalue weighted by Crippen LogP contribution is 2.25. The molecule has 3 heterocycles. The zero-order valence-electron chi connectivity index (χ0n) is 28.8. The van der Waals surface area contributed by atoms with Crippen LogP contribution in [0.2, 0.25) is 0 Å². The second-order valence-corrected chi connectivity index (χ2v) is 12.4. The largest absolute Gasteiger partial charge is 0.457 e. The minimum Gasteiger partial charge on any atom is -0.457 e. The van der Waals surface area contributed by atoms with Crippen LogP contribution in [0.3, 0.4) is 0 Å². The summed E-state index contributed by atoms with van der Waals surface area (Å²) >= 11 is 0. The maximum atomic E-state index is 12.8. The normalized spacial score (nSPS) is 15.5. The summed E-state index contributed by atoms with van der Waals surface area (Å²) in [5.74, 6) is 0.680. The van der Waals surface area contributed by atoms with Gasteiger partial charge in [-0.25, -0.2) is 4.79 Å². The molecule has 2 aliphatic rings. The number of urea groups is 1. The fourth-order valence-electron chi connectivity index (χ4n) is 5.60.